The molecule has 5 nitrogen and oxygen atoms in total. The number of aryl methyl sites for hydroxylation is 2. The quantitative estimate of drug-likeness (QED) is 0.887. The van der Waals surface area contributed by atoms with E-state index < -0.39 is 0 Å². The van der Waals surface area contributed by atoms with Crippen LogP contribution in [0, 0.1) is 19.8 Å². The van der Waals surface area contributed by atoms with Crippen LogP contribution in [0.5, 0.6) is 11.6 Å². The van der Waals surface area contributed by atoms with Gasteiger partial charge in [-0.2, -0.15) is 0 Å². The minimum absolute atomic E-state index is 0.0599. The number of amides is 1. The lowest BCUT2D eigenvalue weighted by Crippen LogP contribution is -2.31. The molecular formula is C19H23N3O2. The van der Waals surface area contributed by atoms with Crippen molar-refractivity contribution in [2.24, 2.45) is 5.92 Å². The van der Waals surface area contributed by atoms with Gasteiger partial charge in [0.1, 0.15) is 5.75 Å². The Labute approximate surface area is 142 Å². The first kappa shape index (κ1) is 16.5. The summed E-state index contributed by atoms with van der Waals surface area (Å²) < 4.78 is 6.05. The number of para-hydroxylation sites is 1. The van der Waals surface area contributed by atoms with Crippen LogP contribution in [0.3, 0.4) is 0 Å². The Bertz CT molecular complexity index is 704. The van der Waals surface area contributed by atoms with E-state index >= 15 is 0 Å². The summed E-state index contributed by atoms with van der Waals surface area (Å²) in [6, 6.07) is 9.83. The van der Waals surface area contributed by atoms with Crippen molar-refractivity contribution in [2.45, 2.75) is 26.8 Å². The number of ether oxygens (including phenoxy) is 1. The van der Waals surface area contributed by atoms with Crippen LogP contribution in [0.25, 0.3) is 0 Å². The van der Waals surface area contributed by atoms with Crippen molar-refractivity contribution in [3.63, 3.8) is 0 Å². The highest BCUT2D eigenvalue weighted by Crippen LogP contribution is 2.29. The van der Waals surface area contributed by atoms with Crippen molar-refractivity contribution in [3.8, 4) is 11.6 Å². The van der Waals surface area contributed by atoms with Gasteiger partial charge in [0, 0.05) is 24.8 Å². The topological polar surface area (TPSA) is 63.2 Å². The number of hydrogen-bond donors (Lipinski definition) is 2. The Hall–Kier alpha value is -2.40. The molecule has 1 fully saturated rings. The van der Waals surface area contributed by atoms with Crippen LogP contribution in [-0.4, -0.2) is 24.0 Å². The van der Waals surface area contributed by atoms with Crippen LogP contribution in [0.4, 0.5) is 0 Å². The molecule has 0 bridgehead atoms. The second-order valence-electron chi connectivity index (χ2n) is 6.20. The molecule has 1 atom stereocenters. The molecule has 1 unspecified atom stereocenters. The zero-order valence-corrected chi connectivity index (χ0v) is 14.1. The van der Waals surface area contributed by atoms with Gasteiger partial charge in [0.05, 0.1) is 5.92 Å². The minimum Gasteiger partial charge on any atom is -0.438 e. The Morgan fingerprint density at radius 2 is 2.08 bits per heavy atom. The first-order chi connectivity index (χ1) is 11.6. The molecule has 1 aliphatic heterocycles. The molecule has 1 amide bonds. The fourth-order valence-corrected chi connectivity index (χ4v) is 2.91. The maximum absolute atomic E-state index is 12.2. The van der Waals surface area contributed by atoms with Crippen molar-refractivity contribution in [3.05, 3.63) is 53.2 Å². The second kappa shape index (κ2) is 7.45. The van der Waals surface area contributed by atoms with Crippen molar-refractivity contribution >= 4 is 5.91 Å². The van der Waals surface area contributed by atoms with Crippen LogP contribution in [-0.2, 0) is 11.3 Å². The van der Waals surface area contributed by atoms with E-state index in [-0.39, 0.29) is 11.8 Å². The van der Waals surface area contributed by atoms with Gasteiger partial charge in [-0.3, -0.25) is 4.79 Å². The van der Waals surface area contributed by atoms with Gasteiger partial charge in [-0.15, -0.1) is 0 Å². The number of rotatable bonds is 5. The molecule has 0 radical (unpaired) electrons. The first-order valence-corrected chi connectivity index (χ1v) is 8.31. The molecule has 1 aliphatic rings. The highest BCUT2D eigenvalue weighted by Gasteiger charge is 2.22. The fraction of sp³-hybridized carbons (Fsp3) is 0.368. The predicted octanol–water partition coefficient (Wildman–Crippen LogP) is 2.72. The van der Waals surface area contributed by atoms with Gasteiger partial charge < -0.3 is 15.4 Å². The lowest BCUT2D eigenvalue weighted by atomic mass is 10.1. The normalized spacial score (nSPS) is 16.8. The van der Waals surface area contributed by atoms with Gasteiger partial charge in [0.2, 0.25) is 11.8 Å². The van der Waals surface area contributed by atoms with Gasteiger partial charge in [-0.25, -0.2) is 4.98 Å². The molecule has 24 heavy (non-hydrogen) atoms. The summed E-state index contributed by atoms with van der Waals surface area (Å²) in [5.74, 6) is 1.51. The minimum atomic E-state index is 0.0599. The average Bonchev–Trinajstić information content (AvgIpc) is 3.12. The van der Waals surface area contributed by atoms with Gasteiger partial charge in [-0.05, 0) is 44.0 Å². The molecule has 2 aromatic rings. The Balaban J connectivity index is 1.72. The molecule has 1 saturated heterocycles. The Kier molecular flexibility index (Phi) is 5.11. The van der Waals surface area contributed by atoms with Crippen LogP contribution >= 0.6 is 0 Å². The van der Waals surface area contributed by atoms with Crippen LogP contribution in [0.15, 0.2) is 36.5 Å². The average molecular weight is 325 g/mol. The molecule has 5 heteroatoms. The number of aromatic nitrogens is 1. The van der Waals surface area contributed by atoms with Gasteiger partial charge >= 0.3 is 0 Å². The SMILES string of the molecule is Cc1cccc(C)c1Oc1ncccc1CNC(=O)C1CCNC1. The van der Waals surface area contributed by atoms with Gasteiger partial charge in [-0.1, -0.05) is 24.3 Å². The van der Waals surface area contributed by atoms with E-state index in [2.05, 4.69) is 15.6 Å². The summed E-state index contributed by atoms with van der Waals surface area (Å²) in [4.78, 5) is 16.5. The van der Waals surface area contributed by atoms with Crippen molar-refractivity contribution in [1.82, 2.24) is 15.6 Å². The fourth-order valence-electron chi connectivity index (χ4n) is 2.91. The predicted molar refractivity (Wildman–Crippen MR) is 93.1 cm³/mol. The summed E-state index contributed by atoms with van der Waals surface area (Å²) in [5.41, 5.74) is 3.00. The van der Waals surface area contributed by atoms with E-state index in [4.69, 9.17) is 4.74 Å². The highest BCUT2D eigenvalue weighted by molar-refractivity contribution is 5.79. The molecule has 0 spiro atoms. The van der Waals surface area contributed by atoms with E-state index in [0.29, 0.717) is 12.4 Å². The van der Waals surface area contributed by atoms with Crippen molar-refractivity contribution in [1.29, 1.82) is 0 Å². The molecule has 126 valence electrons. The van der Waals surface area contributed by atoms with E-state index in [1.807, 2.05) is 44.2 Å². The zero-order valence-electron chi connectivity index (χ0n) is 14.1. The monoisotopic (exact) mass is 325 g/mol. The molecule has 2 heterocycles. The standard InChI is InChI=1S/C19H23N3O2/c1-13-5-3-6-14(2)17(13)24-19-16(7-4-9-21-19)12-22-18(23)15-8-10-20-11-15/h3-7,9,15,20H,8,10-12H2,1-2H3,(H,22,23). The summed E-state index contributed by atoms with van der Waals surface area (Å²) in [6.45, 7) is 6.11. The zero-order chi connectivity index (χ0) is 16.9. The van der Waals surface area contributed by atoms with Gasteiger partial charge in [0.15, 0.2) is 0 Å². The molecular weight excluding hydrogens is 302 g/mol. The summed E-state index contributed by atoms with van der Waals surface area (Å²) in [6.07, 6.45) is 2.60. The lowest BCUT2D eigenvalue weighted by Gasteiger charge is -2.15. The van der Waals surface area contributed by atoms with Crippen LogP contribution in [0.1, 0.15) is 23.1 Å². The van der Waals surface area contributed by atoms with Crippen LogP contribution < -0.4 is 15.4 Å². The lowest BCUT2D eigenvalue weighted by molar-refractivity contribution is -0.124. The van der Waals surface area contributed by atoms with Gasteiger partial charge in [0.25, 0.3) is 0 Å². The number of carbonyl (C=O) groups is 1. The highest BCUT2D eigenvalue weighted by atomic mass is 16.5. The number of nitrogens with one attached hydrogen (secondary N) is 2. The summed E-state index contributed by atoms with van der Waals surface area (Å²) in [5, 5.41) is 6.21. The smallest absolute Gasteiger partial charge is 0.224 e. The molecule has 2 N–H and O–H groups in total. The third-order valence-electron chi connectivity index (χ3n) is 4.34. The Morgan fingerprint density at radius 3 is 2.79 bits per heavy atom. The number of carbonyl (C=O) groups excluding carboxylic acids is 1. The van der Waals surface area contributed by atoms with Crippen molar-refractivity contribution < 1.29 is 9.53 Å². The van der Waals surface area contributed by atoms with Crippen LogP contribution in [0.2, 0.25) is 0 Å². The first-order valence-electron chi connectivity index (χ1n) is 8.31. The van der Waals surface area contributed by atoms with E-state index in [9.17, 15) is 4.79 Å². The van der Waals surface area contributed by atoms with E-state index in [1.54, 1.807) is 6.20 Å². The van der Waals surface area contributed by atoms with E-state index in [0.717, 1.165) is 42.0 Å². The Morgan fingerprint density at radius 1 is 1.29 bits per heavy atom. The molecule has 0 saturated carbocycles. The molecule has 3 rings (SSSR count). The van der Waals surface area contributed by atoms with Crippen molar-refractivity contribution in [2.75, 3.05) is 13.1 Å². The summed E-state index contributed by atoms with van der Waals surface area (Å²) >= 11 is 0. The molecule has 1 aromatic heterocycles. The number of pyridine rings is 1. The third kappa shape index (κ3) is 3.74. The second-order valence-corrected chi connectivity index (χ2v) is 6.20. The maximum atomic E-state index is 12.2. The number of nitrogens with zero attached hydrogens (tertiary/aromatic N) is 1. The molecule has 0 aliphatic carbocycles. The van der Waals surface area contributed by atoms with E-state index in [1.165, 1.54) is 0 Å². The number of hydrogen-bond acceptors (Lipinski definition) is 4. The largest absolute Gasteiger partial charge is 0.438 e. The summed E-state index contributed by atoms with van der Waals surface area (Å²) in [7, 11) is 0. The number of benzene rings is 1. The molecule has 1 aromatic carbocycles. The maximum Gasteiger partial charge on any atom is 0.224 e. The third-order valence-corrected chi connectivity index (χ3v) is 4.34.